The molecular formula is C19H15Cl2F2N3O. The normalized spacial score (nSPS) is 10.9. The lowest BCUT2D eigenvalue weighted by atomic mass is 10.1. The van der Waals surface area contributed by atoms with Crippen LogP contribution in [0.5, 0.6) is 0 Å². The van der Waals surface area contributed by atoms with E-state index in [2.05, 4.69) is 10.4 Å². The van der Waals surface area contributed by atoms with Gasteiger partial charge in [0, 0.05) is 15.6 Å². The Morgan fingerprint density at radius 3 is 2.22 bits per heavy atom. The van der Waals surface area contributed by atoms with Crippen LogP contribution in [0.3, 0.4) is 0 Å². The maximum Gasteiger partial charge on any atom is 0.261 e. The van der Waals surface area contributed by atoms with Crippen molar-refractivity contribution in [3.63, 3.8) is 0 Å². The predicted octanol–water partition coefficient (Wildman–Crippen LogP) is 5.39. The van der Waals surface area contributed by atoms with Crippen LogP contribution in [0.25, 0.3) is 0 Å². The molecule has 2 aromatic carbocycles. The Labute approximate surface area is 164 Å². The van der Waals surface area contributed by atoms with Crippen molar-refractivity contribution in [2.24, 2.45) is 0 Å². The number of nitrogens with zero attached hydrogens (tertiary/aromatic N) is 2. The number of nitrogens with one attached hydrogen (secondary N) is 1. The molecule has 0 unspecified atom stereocenters. The first-order valence-electron chi connectivity index (χ1n) is 8.02. The molecule has 0 aliphatic rings. The lowest BCUT2D eigenvalue weighted by molar-refractivity contribution is 0.101. The van der Waals surface area contributed by atoms with Crippen LogP contribution in [-0.4, -0.2) is 15.7 Å². The van der Waals surface area contributed by atoms with Crippen LogP contribution in [0.2, 0.25) is 10.0 Å². The van der Waals surface area contributed by atoms with Crippen molar-refractivity contribution in [2.45, 2.75) is 20.4 Å². The van der Waals surface area contributed by atoms with Gasteiger partial charge in [0.2, 0.25) is 0 Å². The lowest BCUT2D eigenvalue weighted by Gasteiger charge is -2.10. The summed E-state index contributed by atoms with van der Waals surface area (Å²) in [4.78, 5) is 12.4. The van der Waals surface area contributed by atoms with Gasteiger partial charge in [-0.15, -0.1) is 0 Å². The van der Waals surface area contributed by atoms with Crippen LogP contribution in [0.15, 0.2) is 36.4 Å². The second-order valence-electron chi connectivity index (χ2n) is 5.95. The number of amides is 1. The topological polar surface area (TPSA) is 46.9 Å². The fraction of sp³-hybridized carbons (Fsp3) is 0.158. The van der Waals surface area contributed by atoms with Crippen LogP contribution in [0, 0.1) is 25.5 Å². The average Bonchev–Trinajstić information content (AvgIpc) is 2.85. The fourth-order valence-electron chi connectivity index (χ4n) is 2.76. The summed E-state index contributed by atoms with van der Waals surface area (Å²) < 4.78 is 29.3. The van der Waals surface area contributed by atoms with E-state index in [9.17, 15) is 13.6 Å². The molecule has 0 fully saturated rings. The van der Waals surface area contributed by atoms with Crippen molar-refractivity contribution in [2.75, 3.05) is 5.32 Å². The molecule has 0 aliphatic heterocycles. The minimum absolute atomic E-state index is 0.287. The number of carbonyl (C=O) groups is 1. The largest absolute Gasteiger partial charge is 0.319 e. The number of aryl methyl sites for hydroxylation is 1. The second kappa shape index (κ2) is 7.66. The number of rotatable bonds is 4. The van der Waals surface area contributed by atoms with Gasteiger partial charge < -0.3 is 5.32 Å². The third kappa shape index (κ3) is 3.82. The number of hydrogen-bond donors (Lipinski definition) is 1. The van der Waals surface area contributed by atoms with Gasteiger partial charge in [-0.25, -0.2) is 8.78 Å². The molecule has 0 radical (unpaired) electrons. The Morgan fingerprint density at radius 1 is 1.07 bits per heavy atom. The fourth-order valence-corrected chi connectivity index (χ4v) is 3.27. The number of carbonyl (C=O) groups excluding carboxylic acids is 1. The van der Waals surface area contributed by atoms with Crippen LogP contribution < -0.4 is 5.32 Å². The summed E-state index contributed by atoms with van der Waals surface area (Å²) >= 11 is 12.4. The summed E-state index contributed by atoms with van der Waals surface area (Å²) in [7, 11) is 0. The second-order valence-corrected chi connectivity index (χ2v) is 6.77. The monoisotopic (exact) mass is 409 g/mol. The van der Waals surface area contributed by atoms with Crippen molar-refractivity contribution in [1.82, 2.24) is 9.78 Å². The molecule has 0 bridgehead atoms. The molecule has 0 aliphatic carbocycles. The van der Waals surface area contributed by atoms with E-state index in [1.165, 1.54) is 6.07 Å². The quantitative estimate of drug-likeness (QED) is 0.628. The summed E-state index contributed by atoms with van der Waals surface area (Å²) in [6, 6.07) is 8.44. The zero-order chi connectivity index (χ0) is 19.7. The summed E-state index contributed by atoms with van der Waals surface area (Å²) in [5, 5.41) is 7.91. The Hall–Kier alpha value is -2.44. The molecular weight excluding hydrogens is 395 g/mol. The van der Waals surface area contributed by atoms with Gasteiger partial charge in [-0.3, -0.25) is 9.48 Å². The van der Waals surface area contributed by atoms with Gasteiger partial charge in [0.25, 0.3) is 5.91 Å². The van der Waals surface area contributed by atoms with E-state index in [-0.39, 0.29) is 6.54 Å². The van der Waals surface area contributed by atoms with Gasteiger partial charge in [-0.2, -0.15) is 5.10 Å². The molecule has 4 nitrogen and oxygen atoms in total. The number of aromatic nitrogens is 2. The molecule has 1 heterocycles. The highest BCUT2D eigenvalue weighted by Gasteiger charge is 2.21. The van der Waals surface area contributed by atoms with E-state index in [1.807, 2.05) is 0 Å². The van der Waals surface area contributed by atoms with Crippen LogP contribution >= 0.6 is 23.2 Å². The third-order valence-corrected chi connectivity index (χ3v) is 4.89. The summed E-state index contributed by atoms with van der Waals surface area (Å²) in [5.74, 6) is -2.75. The molecule has 1 amide bonds. The summed E-state index contributed by atoms with van der Waals surface area (Å²) in [6.45, 7) is 3.71. The van der Waals surface area contributed by atoms with Crippen molar-refractivity contribution in [3.8, 4) is 0 Å². The molecule has 1 N–H and O–H groups in total. The van der Waals surface area contributed by atoms with Gasteiger partial charge in [-0.05, 0) is 38.1 Å². The maximum atomic E-state index is 13.8. The van der Waals surface area contributed by atoms with Crippen molar-refractivity contribution in [1.29, 1.82) is 0 Å². The SMILES string of the molecule is Cc1nn(Cc2c(Cl)cccc2Cl)c(C)c1NC(=O)c1c(F)cccc1F. The molecule has 0 saturated carbocycles. The highest BCUT2D eigenvalue weighted by atomic mass is 35.5. The predicted molar refractivity (Wildman–Crippen MR) is 102 cm³/mol. The lowest BCUT2D eigenvalue weighted by Crippen LogP contribution is -2.17. The van der Waals surface area contributed by atoms with Gasteiger partial charge >= 0.3 is 0 Å². The molecule has 8 heteroatoms. The van der Waals surface area contributed by atoms with E-state index in [4.69, 9.17) is 23.2 Å². The number of anilines is 1. The first-order chi connectivity index (χ1) is 12.8. The first-order valence-corrected chi connectivity index (χ1v) is 8.77. The number of benzene rings is 2. The third-order valence-electron chi connectivity index (χ3n) is 4.18. The summed E-state index contributed by atoms with van der Waals surface area (Å²) in [6.07, 6.45) is 0. The Balaban J connectivity index is 1.91. The summed E-state index contributed by atoms with van der Waals surface area (Å²) in [5.41, 5.74) is 1.53. The molecule has 0 spiro atoms. The van der Waals surface area contributed by atoms with Gasteiger partial charge in [0.15, 0.2) is 0 Å². The number of hydrogen-bond acceptors (Lipinski definition) is 2. The van der Waals surface area contributed by atoms with E-state index in [0.717, 1.165) is 12.1 Å². The van der Waals surface area contributed by atoms with Crippen LogP contribution in [0.1, 0.15) is 27.3 Å². The molecule has 27 heavy (non-hydrogen) atoms. The van der Waals surface area contributed by atoms with Gasteiger partial charge in [0.05, 0.1) is 23.6 Å². The van der Waals surface area contributed by atoms with E-state index in [0.29, 0.717) is 32.7 Å². The zero-order valence-corrected chi connectivity index (χ0v) is 16.0. The standard InChI is InChI=1S/C19H15Cl2F2N3O/c1-10-18(24-19(27)17-15(22)7-4-8-16(17)23)11(2)26(25-10)9-12-13(20)5-3-6-14(12)21/h3-8H,9H2,1-2H3,(H,24,27). The molecule has 0 saturated heterocycles. The highest BCUT2D eigenvalue weighted by molar-refractivity contribution is 6.36. The van der Waals surface area contributed by atoms with Crippen molar-refractivity contribution < 1.29 is 13.6 Å². The first kappa shape index (κ1) is 19.3. The Bertz CT molecular complexity index is 994. The van der Waals surface area contributed by atoms with Crippen molar-refractivity contribution >= 4 is 34.8 Å². The van der Waals surface area contributed by atoms with Crippen LogP contribution in [-0.2, 0) is 6.54 Å². The van der Waals surface area contributed by atoms with E-state index < -0.39 is 23.1 Å². The minimum atomic E-state index is -0.932. The maximum absolute atomic E-state index is 13.8. The molecule has 3 aromatic rings. The Morgan fingerprint density at radius 2 is 1.63 bits per heavy atom. The Kier molecular flexibility index (Phi) is 5.48. The average molecular weight is 410 g/mol. The number of halogens is 4. The van der Waals surface area contributed by atoms with E-state index in [1.54, 1.807) is 36.7 Å². The van der Waals surface area contributed by atoms with Crippen LogP contribution in [0.4, 0.5) is 14.5 Å². The molecule has 140 valence electrons. The smallest absolute Gasteiger partial charge is 0.261 e. The van der Waals surface area contributed by atoms with Gasteiger partial charge in [0.1, 0.15) is 17.2 Å². The van der Waals surface area contributed by atoms with Crippen molar-refractivity contribution in [3.05, 3.63) is 80.6 Å². The van der Waals surface area contributed by atoms with E-state index >= 15 is 0 Å². The zero-order valence-electron chi connectivity index (χ0n) is 14.5. The highest BCUT2D eigenvalue weighted by Crippen LogP contribution is 2.28. The van der Waals surface area contributed by atoms with Gasteiger partial charge in [-0.1, -0.05) is 35.3 Å². The minimum Gasteiger partial charge on any atom is -0.319 e. The molecule has 1 aromatic heterocycles. The molecule has 0 atom stereocenters. The molecule has 3 rings (SSSR count).